The van der Waals surface area contributed by atoms with Crippen molar-refractivity contribution in [3.63, 3.8) is 0 Å². The predicted octanol–water partition coefficient (Wildman–Crippen LogP) is -1.12. The highest BCUT2D eigenvalue weighted by molar-refractivity contribution is 8.26. The summed E-state index contributed by atoms with van der Waals surface area (Å²) in [7, 11) is 0. The molecule has 0 spiro atoms. The molecule has 1 aromatic carbocycles. The SMILES string of the molecule is O=C([O-])CCCN1C(=O)/C(=C2\C(=O)N(CC(=O)[O-])c3ccccc32)SC1=S. The number of carbonyl (C=O) groups is 4. The zero-order valence-electron chi connectivity index (χ0n) is 13.8. The molecule has 0 saturated carbocycles. The molecule has 3 rings (SSSR count). The second-order valence-electron chi connectivity index (χ2n) is 5.78. The molecule has 1 fully saturated rings. The first-order chi connectivity index (χ1) is 12.8. The molecule has 2 aliphatic rings. The normalized spacial score (nSPS) is 19.0. The fourth-order valence-corrected chi connectivity index (χ4v) is 4.29. The Morgan fingerprint density at radius 1 is 1.04 bits per heavy atom. The molecular weight excluding hydrogens is 392 g/mol. The van der Waals surface area contributed by atoms with Crippen molar-refractivity contribution in [2.45, 2.75) is 12.8 Å². The standard InChI is InChI=1S/C17H14N2O6S2/c20-11(21)6-3-7-18-16(25)14(27-17(18)26)13-9-4-1-2-5-10(9)19(15(13)24)8-12(22)23/h1-2,4-5H,3,6-8H2,(H,20,21)(H,22,23)/p-2/b14-13+. The summed E-state index contributed by atoms with van der Waals surface area (Å²) in [4.78, 5) is 49.5. The fourth-order valence-electron chi connectivity index (χ4n) is 2.91. The van der Waals surface area contributed by atoms with Crippen molar-refractivity contribution >= 4 is 63.3 Å². The first-order valence-corrected chi connectivity index (χ1v) is 9.12. The van der Waals surface area contributed by atoms with E-state index in [1.807, 2.05) is 0 Å². The molecule has 2 aliphatic heterocycles. The Labute approximate surface area is 163 Å². The van der Waals surface area contributed by atoms with E-state index in [-0.39, 0.29) is 34.2 Å². The minimum absolute atomic E-state index is 0.0894. The van der Waals surface area contributed by atoms with Gasteiger partial charge in [-0.1, -0.05) is 42.2 Å². The molecule has 27 heavy (non-hydrogen) atoms. The van der Waals surface area contributed by atoms with Gasteiger partial charge in [-0.25, -0.2) is 0 Å². The maximum Gasteiger partial charge on any atom is 0.267 e. The summed E-state index contributed by atoms with van der Waals surface area (Å²) >= 11 is 6.13. The number of nitrogens with zero attached hydrogens (tertiary/aromatic N) is 2. The number of benzene rings is 1. The number of thiocarbonyl (C=S) groups is 1. The lowest BCUT2D eigenvalue weighted by molar-refractivity contribution is -0.306. The maximum atomic E-state index is 12.8. The van der Waals surface area contributed by atoms with Crippen molar-refractivity contribution in [3.8, 4) is 0 Å². The van der Waals surface area contributed by atoms with Crippen molar-refractivity contribution < 1.29 is 29.4 Å². The Morgan fingerprint density at radius 3 is 2.41 bits per heavy atom. The number of anilines is 1. The lowest BCUT2D eigenvalue weighted by atomic mass is 10.1. The topological polar surface area (TPSA) is 121 Å². The fraction of sp³-hybridized carbons (Fsp3) is 0.235. The van der Waals surface area contributed by atoms with Crippen LogP contribution < -0.4 is 15.1 Å². The van der Waals surface area contributed by atoms with E-state index in [9.17, 15) is 29.4 Å². The van der Waals surface area contributed by atoms with Crippen molar-refractivity contribution in [2.75, 3.05) is 18.0 Å². The number of hydrogen-bond donors (Lipinski definition) is 0. The molecule has 0 bridgehead atoms. The van der Waals surface area contributed by atoms with E-state index in [4.69, 9.17) is 12.2 Å². The number of thioether (sulfide) groups is 1. The van der Waals surface area contributed by atoms with Crippen LogP contribution >= 0.6 is 24.0 Å². The molecule has 0 unspecified atom stereocenters. The van der Waals surface area contributed by atoms with Gasteiger partial charge in [-0.2, -0.15) is 0 Å². The first-order valence-electron chi connectivity index (χ1n) is 7.90. The van der Waals surface area contributed by atoms with Crippen LogP contribution in [0.2, 0.25) is 0 Å². The molecule has 0 aliphatic carbocycles. The van der Waals surface area contributed by atoms with Crippen LogP contribution in [0.3, 0.4) is 0 Å². The van der Waals surface area contributed by atoms with E-state index >= 15 is 0 Å². The van der Waals surface area contributed by atoms with Crippen LogP contribution in [-0.4, -0.2) is 46.1 Å². The smallest absolute Gasteiger partial charge is 0.267 e. The van der Waals surface area contributed by atoms with Gasteiger partial charge in [0.15, 0.2) is 0 Å². The van der Waals surface area contributed by atoms with Gasteiger partial charge in [-0.3, -0.25) is 14.5 Å². The van der Waals surface area contributed by atoms with E-state index in [2.05, 4.69) is 0 Å². The summed E-state index contributed by atoms with van der Waals surface area (Å²) in [5, 5.41) is 21.6. The second kappa shape index (κ2) is 7.49. The summed E-state index contributed by atoms with van der Waals surface area (Å²) < 4.78 is 0.212. The highest BCUT2D eigenvalue weighted by Gasteiger charge is 2.41. The second-order valence-corrected chi connectivity index (χ2v) is 7.43. The Kier molecular flexibility index (Phi) is 5.29. The maximum absolute atomic E-state index is 12.8. The van der Waals surface area contributed by atoms with Gasteiger partial charge in [0, 0.05) is 18.1 Å². The number of amides is 2. The zero-order chi connectivity index (χ0) is 19.7. The molecule has 8 nitrogen and oxygen atoms in total. The Bertz CT molecular complexity index is 910. The highest BCUT2D eigenvalue weighted by Crippen LogP contribution is 2.44. The number of aliphatic carboxylic acids is 2. The zero-order valence-corrected chi connectivity index (χ0v) is 15.4. The summed E-state index contributed by atoms with van der Waals surface area (Å²) in [6, 6.07) is 6.54. The number of carboxylic acids is 2. The van der Waals surface area contributed by atoms with Gasteiger partial charge < -0.3 is 24.7 Å². The summed E-state index contributed by atoms with van der Waals surface area (Å²) in [5.74, 6) is -3.77. The van der Waals surface area contributed by atoms with Gasteiger partial charge in [-0.15, -0.1) is 0 Å². The molecule has 2 amide bonds. The molecule has 0 radical (unpaired) electrons. The summed E-state index contributed by atoms with van der Waals surface area (Å²) in [6.07, 6.45) is -0.0527. The summed E-state index contributed by atoms with van der Waals surface area (Å²) in [5.41, 5.74) is 0.912. The number of rotatable bonds is 6. The van der Waals surface area contributed by atoms with Crippen molar-refractivity contribution in [3.05, 3.63) is 34.7 Å². The Morgan fingerprint density at radius 2 is 1.74 bits per heavy atom. The largest absolute Gasteiger partial charge is 0.550 e. The molecule has 0 aromatic heterocycles. The Balaban J connectivity index is 1.96. The van der Waals surface area contributed by atoms with Gasteiger partial charge in [0.05, 0.1) is 28.7 Å². The van der Waals surface area contributed by atoms with Crippen molar-refractivity contribution in [1.82, 2.24) is 4.90 Å². The Hall–Kier alpha value is -2.72. The monoisotopic (exact) mass is 404 g/mol. The predicted molar refractivity (Wildman–Crippen MR) is 96.9 cm³/mol. The minimum atomic E-state index is -1.42. The van der Waals surface area contributed by atoms with E-state index in [0.29, 0.717) is 11.3 Å². The van der Waals surface area contributed by atoms with Gasteiger partial charge >= 0.3 is 0 Å². The lowest BCUT2D eigenvalue weighted by Gasteiger charge is -2.17. The molecule has 2 heterocycles. The number of fused-ring (bicyclic) bond motifs is 1. The van der Waals surface area contributed by atoms with Crippen LogP contribution in [0.25, 0.3) is 5.57 Å². The molecule has 140 valence electrons. The number of para-hydroxylation sites is 1. The molecule has 1 aromatic rings. The van der Waals surface area contributed by atoms with Crippen molar-refractivity contribution in [2.24, 2.45) is 0 Å². The highest BCUT2D eigenvalue weighted by atomic mass is 32.2. The third-order valence-electron chi connectivity index (χ3n) is 4.05. The molecular formula is C17H12N2O6S2-2. The van der Waals surface area contributed by atoms with Crippen LogP contribution in [-0.2, 0) is 19.2 Å². The molecule has 10 heteroatoms. The molecule has 0 atom stereocenters. The number of carboxylic acid groups (broad SMARTS) is 2. The van der Waals surface area contributed by atoms with Crippen LogP contribution in [0.4, 0.5) is 5.69 Å². The van der Waals surface area contributed by atoms with Crippen LogP contribution in [0.1, 0.15) is 18.4 Å². The van der Waals surface area contributed by atoms with E-state index in [1.54, 1.807) is 24.3 Å². The van der Waals surface area contributed by atoms with Crippen LogP contribution in [0.5, 0.6) is 0 Å². The minimum Gasteiger partial charge on any atom is -0.550 e. The lowest BCUT2D eigenvalue weighted by Crippen LogP contribution is -2.39. The average molecular weight is 404 g/mol. The molecule has 0 N–H and O–H groups in total. The summed E-state index contributed by atoms with van der Waals surface area (Å²) in [6.45, 7) is -0.542. The van der Waals surface area contributed by atoms with Gasteiger partial charge in [0.25, 0.3) is 11.8 Å². The van der Waals surface area contributed by atoms with Gasteiger partial charge in [0.1, 0.15) is 4.32 Å². The quantitative estimate of drug-likeness (QED) is 0.432. The van der Waals surface area contributed by atoms with Gasteiger partial charge in [-0.05, 0) is 18.9 Å². The van der Waals surface area contributed by atoms with E-state index < -0.39 is 30.3 Å². The third kappa shape index (κ3) is 3.58. The van der Waals surface area contributed by atoms with Crippen LogP contribution in [0, 0.1) is 0 Å². The van der Waals surface area contributed by atoms with Crippen molar-refractivity contribution in [1.29, 1.82) is 0 Å². The third-order valence-corrected chi connectivity index (χ3v) is 5.50. The van der Waals surface area contributed by atoms with Crippen LogP contribution in [0.15, 0.2) is 29.2 Å². The average Bonchev–Trinajstić information content (AvgIpc) is 3.02. The number of hydrogen-bond acceptors (Lipinski definition) is 8. The van der Waals surface area contributed by atoms with E-state index in [0.717, 1.165) is 16.7 Å². The number of carbonyl (C=O) groups excluding carboxylic acids is 4. The molecule has 1 saturated heterocycles. The first kappa shape index (κ1) is 19.1. The van der Waals surface area contributed by atoms with E-state index in [1.165, 1.54) is 4.90 Å². The van der Waals surface area contributed by atoms with Gasteiger partial charge in [0.2, 0.25) is 0 Å².